The van der Waals surface area contributed by atoms with E-state index in [4.69, 9.17) is 10.8 Å². The van der Waals surface area contributed by atoms with Crippen molar-refractivity contribution in [1.29, 1.82) is 0 Å². The summed E-state index contributed by atoms with van der Waals surface area (Å²) in [5.41, 5.74) is 5.24. The summed E-state index contributed by atoms with van der Waals surface area (Å²) in [6.45, 7) is 1.66. The van der Waals surface area contributed by atoms with Crippen LogP contribution in [-0.2, 0) is 9.59 Å². The van der Waals surface area contributed by atoms with Crippen molar-refractivity contribution in [2.75, 3.05) is 0 Å². The summed E-state index contributed by atoms with van der Waals surface area (Å²) in [7, 11) is 0. The lowest BCUT2D eigenvalue weighted by Crippen LogP contribution is -2.43. The maximum atomic E-state index is 13.4. The minimum Gasteiger partial charge on any atom is -0.480 e. The van der Waals surface area contributed by atoms with Crippen LogP contribution in [0.25, 0.3) is 0 Å². The predicted molar refractivity (Wildman–Crippen MR) is 63.8 cm³/mol. The van der Waals surface area contributed by atoms with Crippen LogP contribution in [0.1, 0.15) is 22.3 Å². The molecule has 0 aliphatic carbocycles. The number of carboxylic acid groups (broad SMARTS) is 1. The van der Waals surface area contributed by atoms with Gasteiger partial charge in [-0.15, -0.1) is 0 Å². The van der Waals surface area contributed by atoms with Crippen LogP contribution in [0.2, 0.25) is 0 Å². The zero-order chi connectivity index (χ0) is 14.6. The molecule has 0 aliphatic heterocycles. The summed E-state index contributed by atoms with van der Waals surface area (Å²) in [5, 5.41) is 10.9. The van der Waals surface area contributed by atoms with E-state index in [1.165, 1.54) is 12.1 Å². The van der Waals surface area contributed by atoms with E-state index in [9.17, 15) is 18.8 Å². The van der Waals surface area contributed by atoms with Crippen molar-refractivity contribution in [2.45, 2.75) is 19.4 Å². The van der Waals surface area contributed by atoms with E-state index in [2.05, 4.69) is 5.32 Å². The zero-order valence-electron chi connectivity index (χ0n) is 10.1. The second-order valence-corrected chi connectivity index (χ2v) is 4.02. The molecule has 1 rings (SSSR count). The smallest absolute Gasteiger partial charge is 0.326 e. The third kappa shape index (κ3) is 4.06. The van der Waals surface area contributed by atoms with Crippen molar-refractivity contribution < 1.29 is 23.9 Å². The average Bonchev–Trinajstić information content (AvgIpc) is 2.30. The number of amides is 2. The third-order valence-corrected chi connectivity index (χ3v) is 2.38. The fraction of sp³-hybridized carbons (Fsp3) is 0.250. The number of halogens is 1. The first kappa shape index (κ1) is 14.6. The van der Waals surface area contributed by atoms with Gasteiger partial charge in [0, 0.05) is 0 Å². The van der Waals surface area contributed by atoms with Crippen LogP contribution in [0.4, 0.5) is 4.39 Å². The van der Waals surface area contributed by atoms with Gasteiger partial charge in [0.15, 0.2) is 0 Å². The summed E-state index contributed by atoms with van der Waals surface area (Å²) in [6.07, 6.45) is -0.561. The number of benzene rings is 1. The molecule has 0 unspecified atom stereocenters. The standard InChI is InChI=1S/C12H13FN2O4/c1-6-2-3-8(13)7(4-6)11(17)15-9(12(18)19)5-10(14)16/h2-4,9H,5H2,1H3,(H2,14,16)(H,15,17)(H,18,19)/t9-/m0/s1. The number of nitrogens with two attached hydrogens (primary N) is 1. The van der Waals surface area contributed by atoms with E-state index in [1.54, 1.807) is 6.92 Å². The predicted octanol–water partition coefficient (Wildman–Crippen LogP) is 0.193. The lowest BCUT2D eigenvalue weighted by atomic mass is 10.1. The quantitative estimate of drug-likeness (QED) is 0.708. The largest absolute Gasteiger partial charge is 0.480 e. The van der Waals surface area contributed by atoms with Gasteiger partial charge < -0.3 is 16.2 Å². The number of aliphatic carboxylic acids is 1. The van der Waals surface area contributed by atoms with Gasteiger partial charge in [-0.3, -0.25) is 9.59 Å². The second kappa shape index (κ2) is 5.94. The molecule has 1 aromatic carbocycles. The Morgan fingerprint density at radius 3 is 2.58 bits per heavy atom. The summed E-state index contributed by atoms with van der Waals surface area (Å²) in [6, 6.07) is 2.39. The van der Waals surface area contributed by atoms with Crippen LogP contribution < -0.4 is 11.1 Å². The van der Waals surface area contributed by atoms with Gasteiger partial charge in [-0.05, 0) is 19.1 Å². The Morgan fingerprint density at radius 1 is 1.42 bits per heavy atom. The highest BCUT2D eigenvalue weighted by atomic mass is 19.1. The fourth-order valence-electron chi connectivity index (χ4n) is 1.45. The van der Waals surface area contributed by atoms with Crippen molar-refractivity contribution >= 4 is 17.8 Å². The minimum absolute atomic E-state index is 0.282. The van der Waals surface area contributed by atoms with Crippen molar-refractivity contribution in [1.82, 2.24) is 5.32 Å². The van der Waals surface area contributed by atoms with Gasteiger partial charge >= 0.3 is 5.97 Å². The Morgan fingerprint density at radius 2 is 2.05 bits per heavy atom. The Kier molecular flexibility index (Phi) is 4.57. The number of carbonyl (C=O) groups is 3. The van der Waals surface area contributed by atoms with Crippen LogP contribution in [0, 0.1) is 12.7 Å². The SMILES string of the molecule is Cc1ccc(F)c(C(=O)N[C@@H](CC(N)=O)C(=O)O)c1. The number of primary amides is 1. The molecule has 0 saturated carbocycles. The molecule has 0 spiro atoms. The Balaban J connectivity index is 2.90. The molecule has 0 heterocycles. The molecule has 19 heavy (non-hydrogen) atoms. The van der Waals surface area contributed by atoms with Gasteiger partial charge in [0.2, 0.25) is 5.91 Å². The molecule has 0 aromatic heterocycles. The Labute approximate surface area is 108 Å². The highest BCUT2D eigenvalue weighted by molar-refractivity contribution is 5.97. The number of hydrogen-bond acceptors (Lipinski definition) is 3. The molecule has 0 bridgehead atoms. The number of carboxylic acids is 1. The molecule has 4 N–H and O–H groups in total. The lowest BCUT2D eigenvalue weighted by molar-refractivity contribution is -0.140. The first-order valence-electron chi connectivity index (χ1n) is 5.39. The molecule has 7 heteroatoms. The van der Waals surface area contributed by atoms with Crippen LogP contribution in [0.15, 0.2) is 18.2 Å². The van der Waals surface area contributed by atoms with Gasteiger partial charge in [-0.2, -0.15) is 0 Å². The van der Waals surface area contributed by atoms with Crippen molar-refractivity contribution in [3.63, 3.8) is 0 Å². The van der Waals surface area contributed by atoms with Crippen LogP contribution in [-0.4, -0.2) is 28.9 Å². The van der Waals surface area contributed by atoms with E-state index in [-0.39, 0.29) is 5.56 Å². The first-order valence-corrected chi connectivity index (χ1v) is 5.39. The molecule has 0 saturated heterocycles. The van der Waals surface area contributed by atoms with Gasteiger partial charge in [0.1, 0.15) is 11.9 Å². The highest BCUT2D eigenvalue weighted by Gasteiger charge is 2.24. The van der Waals surface area contributed by atoms with Crippen LogP contribution >= 0.6 is 0 Å². The molecule has 0 aliphatic rings. The topological polar surface area (TPSA) is 109 Å². The monoisotopic (exact) mass is 268 g/mol. The van der Waals surface area contributed by atoms with Crippen LogP contribution in [0.5, 0.6) is 0 Å². The number of rotatable bonds is 5. The van der Waals surface area contributed by atoms with Gasteiger partial charge in [0.05, 0.1) is 12.0 Å². The first-order chi connectivity index (χ1) is 8.81. The Hall–Kier alpha value is -2.44. The molecule has 6 nitrogen and oxygen atoms in total. The number of aryl methyl sites for hydroxylation is 1. The molecular formula is C12H13FN2O4. The third-order valence-electron chi connectivity index (χ3n) is 2.38. The maximum absolute atomic E-state index is 13.4. The van der Waals surface area contributed by atoms with Gasteiger partial charge in [0.25, 0.3) is 5.91 Å². The van der Waals surface area contributed by atoms with E-state index in [0.29, 0.717) is 5.56 Å². The molecule has 0 radical (unpaired) electrons. The maximum Gasteiger partial charge on any atom is 0.326 e. The molecule has 102 valence electrons. The normalized spacial score (nSPS) is 11.7. The number of hydrogen-bond donors (Lipinski definition) is 3. The molecule has 1 atom stereocenters. The van der Waals surface area contributed by atoms with Crippen LogP contribution in [0.3, 0.4) is 0 Å². The average molecular weight is 268 g/mol. The van der Waals surface area contributed by atoms with Gasteiger partial charge in [-0.25, -0.2) is 9.18 Å². The van der Waals surface area contributed by atoms with E-state index in [0.717, 1.165) is 6.07 Å². The summed E-state index contributed by atoms with van der Waals surface area (Å²) < 4.78 is 13.4. The summed E-state index contributed by atoms with van der Waals surface area (Å²) in [4.78, 5) is 33.3. The number of carbonyl (C=O) groups excluding carboxylic acids is 2. The summed E-state index contributed by atoms with van der Waals surface area (Å²) >= 11 is 0. The van der Waals surface area contributed by atoms with Crippen molar-refractivity contribution in [3.8, 4) is 0 Å². The number of nitrogens with one attached hydrogen (secondary N) is 1. The zero-order valence-corrected chi connectivity index (χ0v) is 10.1. The van der Waals surface area contributed by atoms with E-state index >= 15 is 0 Å². The second-order valence-electron chi connectivity index (χ2n) is 4.02. The van der Waals surface area contributed by atoms with E-state index < -0.39 is 36.1 Å². The van der Waals surface area contributed by atoms with Gasteiger partial charge in [-0.1, -0.05) is 11.6 Å². The van der Waals surface area contributed by atoms with E-state index in [1.807, 2.05) is 0 Å². The summed E-state index contributed by atoms with van der Waals surface area (Å²) in [5.74, 6) is -3.97. The minimum atomic E-state index is -1.48. The molecule has 0 fully saturated rings. The molecule has 2 amide bonds. The highest BCUT2D eigenvalue weighted by Crippen LogP contribution is 2.10. The Bertz CT molecular complexity index is 530. The molecule has 1 aromatic rings. The lowest BCUT2D eigenvalue weighted by Gasteiger charge is -2.13. The fourth-order valence-corrected chi connectivity index (χ4v) is 1.45. The van der Waals surface area contributed by atoms with Crippen molar-refractivity contribution in [3.05, 3.63) is 35.1 Å². The van der Waals surface area contributed by atoms with Crippen molar-refractivity contribution in [2.24, 2.45) is 5.73 Å². The molecular weight excluding hydrogens is 255 g/mol.